The first kappa shape index (κ1) is 15.4. The van der Waals surface area contributed by atoms with Crippen molar-refractivity contribution in [2.45, 2.75) is 6.42 Å². The summed E-state index contributed by atoms with van der Waals surface area (Å²) < 4.78 is 5.02. The van der Waals surface area contributed by atoms with Gasteiger partial charge in [0.1, 0.15) is 5.56 Å². The lowest BCUT2D eigenvalue weighted by Crippen LogP contribution is -2.28. The number of carbonyl (C=O) groups is 2. The number of rotatable bonds is 6. The zero-order chi connectivity index (χ0) is 15.8. The minimum absolute atomic E-state index is 0.163. The molecular weight excluding hydrogens is 284 g/mol. The second-order valence-electron chi connectivity index (χ2n) is 4.35. The molecule has 114 valence electrons. The van der Waals surface area contributed by atoms with Crippen molar-refractivity contribution < 1.29 is 14.3 Å². The minimum Gasteiger partial charge on any atom is -0.480 e. The molecule has 2 amide bonds. The van der Waals surface area contributed by atoms with E-state index in [1.54, 1.807) is 36.7 Å². The summed E-state index contributed by atoms with van der Waals surface area (Å²) in [5.41, 5.74) is 1.000. The van der Waals surface area contributed by atoms with Crippen LogP contribution in [0, 0.1) is 0 Å². The quantitative estimate of drug-likeness (QED) is 0.837. The van der Waals surface area contributed by atoms with E-state index < -0.39 is 0 Å². The zero-order valence-electron chi connectivity index (χ0n) is 12.1. The monoisotopic (exact) mass is 300 g/mol. The van der Waals surface area contributed by atoms with Crippen LogP contribution < -0.4 is 15.4 Å². The summed E-state index contributed by atoms with van der Waals surface area (Å²) in [6.07, 6.45) is 4.88. The molecular formula is C15H16N4O3. The Morgan fingerprint density at radius 1 is 1.18 bits per heavy atom. The molecule has 2 N–H and O–H groups in total. The summed E-state index contributed by atoms with van der Waals surface area (Å²) in [6, 6.07) is 6.64. The highest BCUT2D eigenvalue weighted by Crippen LogP contribution is 2.12. The number of pyridine rings is 2. The Hall–Kier alpha value is -2.96. The van der Waals surface area contributed by atoms with Gasteiger partial charge in [-0.05, 0) is 24.3 Å². The highest BCUT2D eigenvalue weighted by atomic mass is 16.5. The van der Waals surface area contributed by atoms with Gasteiger partial charge in [0, 0.05) is 37.2 Å². The van der Waals surface area contributed by atoms with Crippen LogP contribution in [0.1, 0.15) is 16.8 Å². The van der Waals surface area contributed by atoms with Crippen molar-refractivity contribution in [3.63, 3.8) is 0 Å². The van der Waals surface area contributed by atoms with Crippen LogP contribution in [0.4, 0.5) is 5.69 Å². The first-order valence-corrected chi connectivity index (χ1v) is 6.68. The summed E-state index contributed by atoms with van der Waals surface area (Å²) in [5.74, 6) is -0.271. The third-order valence-electron chi connectivity index (χ3n) is 2.81. The van der Waals surface area contributed by atoms with E-state index in [2.05, 4.69) is 20.6 Å². The molecule has 0 bridgehead atoms. The number of hydrogen-bond donors (Lipinski definition) is 2. The normalized spacial score (nSPS) is 9.86. The molecule has 0 saturated carbocycles. The lowest BCUT2D eigenvalue weighted by atomic mass is 10.2. The van der Waals surface area contributed by atoms with Gasteiger partial charge in [-0.2, -0.15) is 0 Å². The molecule has 2 aromatic heterocycles. The molecule has 7 heteroatoms. The van der Waals surface area contributed by atoms with Crippen molar-refractivity contribution in [3.05, 3.63) is 48.4 Å². The van der Waals surface area contributed by atoms with E-state index in [4.69, 9.17) is 4.74 Å². The molecule has 2 aromatic rings. The smallest absolute Gasteiger partial charge is 0.256 e. The van der Waals surface area contributed by atoms with Gasteiger partial charge in [0.15, 0.2) is 0 Å². The maximum absolute atomic E-state index is 12.0. The van der Waals surface area contributed by atoms with E-state index in [9.17, 15) is 9.59 Å². The maximum atomic E-state index is 12.0. The highest BCUT2D eigenvalue weighted by molar-refractivity contribution is 5.97. The SMILES string of the molecule is COc1ncccc1C(=O)NCCC(=O)Nc1ccncc1. The highest BCUT2D eigenvalue weighted by Gasteiger charge is 2.12. The van der Waals surface area contributed by atoms with E-state index in [0.29, 0.717) is 11.3 Å². The predicted octanol–water partition coefficient (Wildman–Crippen LogP) is 1.24. The van der Waals surface area contributed by atoms with Gasteiger partial charge in [-0.15, -0.1) is 0 Å². The number of methoxy groups -OCH3 is 1. The van der Waals surface area contributed by atoms with Crippen LogP contribution in [-0.2, 0) is 4.79 Å². The molecule has 0 aliphatic rings. The molecule has 0 aliphatic heterocycles. The minimum atomic E-state index is -0.332. The topological polar surface area (TPSA) is 93.2 Å². The molecule has 0 fully saturated rings. The van der Waals surface area contributed by atoms with Gasteiger partial charge in [-0.3, -0.25) is 14.6 Å². The number of ether oxygens (including phenoxy) is 1. The number of hydrogen-bond acceptors (Lipinski definition) is 5. The molecule has 22 heavy (non-hydrogen) atoms. The Morgan fingerprint density at radius 2 is 1.95 bits per heavy atom. The van der Waals surface area contributed by atoms with Gasteiger partial charge in [0.25, 0.3) is 5.91 Å². The van der Waals surface area contributed by atoms with E-state index in [0.717, 1.165) is 0 Å². The first-order valence-electron chi connectivity index (χ1n) is 6.68. The Morgan fingerprint density at radius 3 is 2.68 bits per heavy atom. The number of carbonyl (C=O) groups excluding carboxylic acids is 2. The third-order valence-corrected chi connectivity index (χ3v) is 2.81. The van der Waals surface area contributed by atoms with Crippen LogP contribution >= 0.6 is 0 Å². The van der Waals surface area contributed by atoms with Gasteiger partial charge >= 0.3 is 0 Å². The van der Waals surface area contributed by atoms with Crippen molar-refractivity contribution in [3.8, 4) is 5.88 Å². The lowest BCUT2D eigenvalue weighted by Gasteiger charge is -2.08. The van der Waals surface area contributed by atoms with Crippen molar-refractivity contribution in [2.75, 3.05) is 19.0 Å². The zero-order valence-corrected chi connectivity index (χ0v) is 12.1. The standard InChI is InChI=1S/C15H16N4O3/c1-22-15-12(3-2-7-18-15)14(21)17-10-6-13(20)19-11-4-8-16-9-5-11/h2-5,7-9H,6,10H2,1H3,(H,17,21)(H,16,19,20). The fourth-order valence-corrected chi connectivity index (χ4v) is 1.77. The van der Waals surface area contributed by atoms with Crippen molar-refractivity contribution in [1.82, 2.24) is 15.3 Å². The van der Waals surface area contributed by atoms with Crippen molar-refractivity contribution >= 4 is 17.5 Å². The molecule has 0 atom stereocenters. The summed E-state index contributed by atoms with van der Waals surface area (Å²) in [5, 5.41) is 5.37. The van der Waals surface area contributed by atoms with Crippen LogP contribution in [-0.4, -0.2) is 35.4 Å². The van der Waals surface area contributed by atoms with Gasteiger partial charge < -0.3 is 15.4 Å². The molecule has 7 nitrogen and oxygen atoms in total. The Balaban J connectivity index is 1.81. The molecule has 0 unspecified atom stereocenters. The van der Waals surface area contributed by atoms with Crippen LogP contribution in [0.25, 0.3) is 0 Å². The van der Waals surface area contributed by atoms with E-state index in [-0.39, 0.29) is 30.7 Å². The van der Waals surface area contributed by atoms with Gasteiger partial charge in [0.05, 0.1) is 7.11 Å². The van der Waals surface area contributed by atoms with Gasteiger partial charge in [-0.1, -0.05) is 0 Å². The maximum Gasteiger partial charge on any atom is 0.256 e. The van der Waals surface area contributed by atoms with Crippen molar-refractivity contribution in [1.29, 1.82) is 0 Å². The van der Waals surface area contributed by atoms with E-state index in [1.165, 1.54) is 13.3 Å². The van der Waals surface area contributed by atoms with E-state index >= 15 is 0 Å². The van der Waals surface area contributed by atoms with Crippen molar-refractivity contribution in [2.24, 2.45) is 0 Å². The Labute approximate surface area is 127 Å². The van der Waals surface area contributed by atoms with Crippen LogP contribution in [0.5, 0.6) is 5.88 Å². The summed E-state index contributed by atoms with van der Waals surface area (Å²) in [6.45, 7) is 0.216. The predicted molar refractivity (Wildman–Crippen MR) is 80.6 cm³/mol. The van der Waals surface area contributed by atoms with Crippen LogP contribution in [0.2, 0.25) is 0 Å². The summed E-state index contributed by atoms with van der Waals surface area (Å²) in [4.78, 5) is 31.5. The molecule has 0 saturated heterocycles. The Kier molecular flexibility index (Phi) is 5.42. The summed E-state index contributed by atoms with van der Waals surface area (Å²) in [7, 11) is 1.45. The fraction of sp³-hybridized carbons (Fsp3) is 0.200. The number of amides is 2. The first-order chi connectivity index (χ1) is 10.7. The number of nitrogens with zero attached hydrogens (tertiary/aromatic N) is 2. The number of anilines is 1. The van der Waals surface area contributed by atoms with Crippen LogP contribution in [0.3, 0.4) is 0 Å². The summed E-state index contributed by atoms with van der Waals surface area (Å²) >= 11 is 0. The largest absolute Gasteiger partial charge is 0.480 e. The molecule has 0 radical (unpaired) electrons. The van der Waals surface area contributed by atoms with Gasteiger partial charge in [0.2, 0.25) is 11.8 Å². The molecule has 2 heterocycles. The average molecular weight is 300 g/mol. The fourth-order valence-electron chi connectivity index (χ4n) is 1.77. The number of nitrogens with one attached hydrogen (secondary N) is 2. The molecule has 0 spiro atoms. The van der Waals surface area contributed by atoms with E-state index in [1.807, 2.05) is 0 Å². The molecule has 2 rings (SSSR count). The Bertz CT molecular complexity index is 646. The van der Waals surface area contributed by atoms with Gasteiger partial charge in [-0.25, -0.2) is 4.98 Å². The van der Waals surface area contributed by atoms with Crippen LogP contribution in [0.15, 0.2) is 42.9 Å². The third kappa shape index (κ3) is 4.27. The second-order valence-corrected chi connectivity index (χ2v) is 4.35. The molecule has 0 aliphatic carbocycles. The number of aromatic nitrogens is 2. The second kappa shape index (κ2) is 7.72. The molecule has 0 aromatic carbocycles. The lowest BCUT2D eigenvalue weighted by molar-refractivity contribution is -0.116. The average Bonchev–Trinajstić information content (AvgIpc) is 2.55.